The highest BCUT2D eigenvalue weighted by Crippen LogP contribution is 2.34. The molecular weight excluding hydrogens is 252 g/mol. The quantitative estimate of drug-likeness (QED) is 0.776. The van der Waals surface area contributed by atoms with E-state index in [9.17, 15) is 4.79 Å². The lowest BCUT2D eigenvalue weighted by Gasteiger charge is -2.35. The summed E-state index contributed by atoms with van der Waals surface area (Å²) in [6.45, 7) is 1.53. The van der Waals surface area contributed by atoms with E-state index in [-0.39, 0.29) is 12.1 Å². The first-order chi connectivity index (χ1) is 9.54. The molecule has 2 fully saturated rings. The molecule has 0 aromatic carbocycles. The molecule has 2 saturated carbocycles. The SMILES string of the molecule is CC(=O)OC(CC1CCC(N)CC1)C1CCC(N)CC1. The molecule has 0 spiro atoms. The Balaban J connectivity index is 1.88. The van der Waals surface area contributed by atoms with Crippen LogP contribution in [0.4, 0.5) is 0 Å². The first-order valence-electron chi connectivity index (χ1n) is 8.23. The molecule has 2 rings (SSSR count). The van der Waals surface area contributed by atoms with Crippen LogP contribution in [0.15, 0.2) is 0 Å². The van der Waals surface area contributed by atoms with Gasteiger partial charge in [0.15, 0.2) is 0 Å². The minimum absolute atomic E-state index is 0.0966. The molecule has 0 amide bonds. The van der Waals surface area contributed by atoms with Crippen molar-refractivity contribution >= 4 is 5.97 Å². The van der Waals surface area contributed by atoms with Crippen molar-refractivity contribution in [2.75, 3.05) is 0 Å². The van der Waals surface area contributed by atoms with Crippen molar-refractivity contribution in [1.29, 1.82) is 0 Å². The van der Waals surface area contributed by atoms with Crippen LogP contribution in [0.1, 0.15) is 64.7 Å². The average molecular weight is 282 g/mol. The van der Waals surface area contributed by atoms with E-state index in [1.54, 1.807) is 0 Å². The molecule has 4 N–H and O–H groups in total. The summed E-state index contributed by atoms with van der Waals surface area (Å²) in [6.07, 6.45) is 10.1. The maximum atomic E-state index is 11.4. The topological polar surface area (TPSA) is 78.3 Å². The van der Waals surface area contributed by atoms with Crippen LogP contribution in [0.2, 0.25) is 0 Å². The van der Waals surface area contributed by atoms with Crippen LogP contribution in [-0.4, -0.2) is 24.2 Å². The van der Waals surface area contributed by atoms with Crippen LogP contribution in [-0.2, 0) is 9.53 Å². The van der Waals surface area contributed by atoms with Gasteiger partial charge in [-0.3, -0.25) is 4.79 Å². The smallest absolute Gasteiger partial charge is 0.302 e. The Hall–Kier alpha value is -0.610. The zero-order valence-corrected chi connectivity index (χ0v) is 12.7. The fraction of sp³-hybridized carbons (Fsp3) is 0.938. The number of carbonyl (C=O) groups is 1. The molecule has 0 aromatic rings. The Morgan fingerprint density at radius 2 is 1.50 bits per heavy atom. The number of esters is 1. The molecule has 116 valence electrons. The van der Waals surface area contributed by atoms with Crippen LogP contribution in [0.25, 0.3) is 0 Å². The lowest BCUT2D eigenvalue weighted by molar-refractivity contribution is -0.151. The Labute approximate surface area is 122 Å². The molecule has 0 saturated heterocycles. The number of ether oxygens (including phenoxy) is 1. The summed E-state index contributed by atoms with van der Waals surface area (Å²) < 4.78 is 5.64. The summed E-state index contributed by atoms with van der Waals surface area (Å²) in [5, 5.41) is 0. The molecule has 2 aliphatic rings. The number of hydrogen-bond donors (Lipinski definition) is 2. The molecule has 2 aliphatic carbocycles. The van der Waals surface area contributed by atoms with Crippen LogP contribution < -0.4 is 11.5 Å². The van der Waals surface area contributed by atoms with Gasteiger partial charge < -0.3 is 16.2 Å². The summed E-state index contributed by atoms with van der Waals surface area (Å²) in [4.78, 5) is 11.4. The van der Waals surface area contributed by atoms with Gasteiger partial charge in [0.25, 0.3) is 0 Å². The van der Waals surface area contributed by atoms with Crippen LogP contribution in [0.3, 0.4) is 0 Å². The highest BCUT2D eigenvalue weighted by Gasteiger charge is 2.31. The Morgan fingerprint density at radius 1 is 1.00 bits per heavy atom. The highest BCUT2D eigenvalue weighted by molar-refractivity contribution is 5.66. The van der Waals surface area contributed by atoms with Gasteiger partial charge in [0.2, 0.25) is 0 Å². The third kappa shape index (κ3) is 4.74. The summed E-state index contributed by atoms with van der Waals surface area (Å²) in [6, 6.07) is 0.725. The fourth-order valence-electron chi connectivity index (χ4n) is 3.82. The molecular formula is C16H30N2O2. The van der Waals surface area contributed by atoms with Gasteiger partial charge in [0.1, 0.15) is 6.10 Å². The Bertz CT molecular complexity index is 306. The summed E-state index contributed by atoms with van der Waals surface area (Å²) in [5.74, 6) is 1.04. The third-order valence-electron chi connectivity index (χ3n) is 5.12. The van der Waals surface area contributed by atoms with Crippen molar-refractivity contribution in [3.63, 3.8) is 0 Å². The second-order valence-electron chi connectivity index (χ2n) is 6.84. The van der Waals surface area contributed by atoms with E-state index in [1.807, 2.05) is 0 Å². The van der Waals surface area contributed by atoms with Crippen molar-refractivity contribution in [1.82, 2.24) is 0 Å². The molecule has 4 heteroatoms. The van der Waals surface area contributed by atoms with Crippen LogP contribution >= 0.6 is 0 Å². The first kappa shape index (κ1) is 15.8. The molecule has 0 heterocycles. The van der Waals surface area contributed by atoms with E-state index < -0.39 is 0 Å². The largest absolute Gasteiger partial charge is 0.462 e. The van der Waals surface area contributed by atoms with E-state index in [0.29, 0.717) is 23.9 Å². The van der Waals surface area contributed by atoms with Crippen LogP contribution in [0, 0.1) is 11.8 Å². The Kier molecular flexibility index (Phi) is 5.85. The van der Waals surface area contributed by atoms with Gasteiger partial charge in [0, 0.05) is 19.0 Å². The average Bonchev–Trinajstić information content (AvgIpc) is 2.41. The first-order valence-corrected chi connectivity index (χ1v) is 8.23. The molecule has 1 unspecified atom stereocenters. The van der Waals surface area contributed by atoms with Crippen molar-refractivity contribution in [3.8, 4) is 0 Å². The van der Waals surface area contributed by atoms with Gasteiger partial charge in [-0.25, -0.2) is 0 Å². The maximum Gasteiger partial charge on any atom is 0.302 e. The fourth-order valence-corrected chi connectivity index (χ4v) is 3.82. The second kappa shape index (κ2) is 7.41. The van der Waals surface area contributed by atoms with Gasteiger partial charge in [-0.1, -0.05) is 0 Å². The van der Waals surface area contributed by atoms with Crippen LogP contribution in [0.5, 0.6) is 0 Å². The van der Waals surface area contributed by atoms with Gasteiger partial charge in [-0.2, -0.15) is 0 Å². The minimum atomic E-state index is -0.141. The monoisotopic (exact) mass is 282 g/mol. The molecule has 0 aromatic heterocycles. The summed E-state index contributed by atoms with van der Waals surface area (Å²) in [7, 11) is 0. The van der Waals surface area contributed by atoms with Crippen molar-refractivity contribution < 1.29 is 9.53 Å². The number of rotatable bonds is 4. The predicted molar refractivity (Wildman–Crippen MR) is 80.0 cm³/mol. The van der Waals surface area contributed by atoms with Crippen molar-refractivity contribution in [3.05, 3.63) is 0 Å². The molecule has 0 bridgehead atoms. The maximum absolute atomic E-state index is 11.4. The van der Waals surface area contributed by atoms with Crippen molar-refractivity contribution in [2.24, 2.45) is 23.3 Å². The summed E-state index contributed by atoms with van der Waals surface area (Å²) >= 11 is 0. The van der Waals surface area contributed by atoms with Gasteiger partial charge in [-0.05, 0) is 69.6 Å². The standard InChI is InChI=1S/C16H30N2O2/c1-11(19)20-16(13-4-8-15(18)9-5-13)10-12-2-6-14(17)7-3-12/h12-16H,2-10,17-18H2,1H3. The van der Waals surface area contributed by atoms with Gasteiger partial charge in [-0.15, -0.1) is 0 Å². The normalized spacial score (nSPS) is 36.4. The molecule has 0 radical (unpaired) electrons. The number of nitrogens with two attached hydrogens (primary N) is 2. The predicted octanol–water partition coefficient (Wildman–Crippen LogP) is 2.34. The molecule has 4 nitrogen and oxygen atoms in total. The zero-order chi connectivity index (χ0) is 14.5. The van der Waals surface area contributed by atoms with E-state index in [2.05, 4.69) is 0 Å². The Morgan fingerprint density at radius 3 is 2.00 bits per heavy atom. The van der Waals surface area contributed by atoms with E-state index in [4.69, 9.17) is 16.2 Å². The van der Waals surface area contributed by atoms with E-state index >= 15 is 0 Å². The summed E-state index contributed by atoms with van der Waals surface area (Å²) in [5.41, 5.74) is 11.9. The minimum Gasteiger partial charge on any atom is -0.462 e. The molecule has 20 heavy (non-hydrogen) atoms. The highest BCUT2D eigenvalue weighted by atomic mass is 16.5. The van der Waals surface area contributed by atoms with E-state index in [0.717, 1.165) is 44.9 Å². The lowest BCUT2D eigenvalue weighted by Crippen LogP contribution is -2.36. The number of carbonyl (C=O) groups excluding carboxylic acids is 1. The van der Waals surface area contributed by atoms with Gasteiger partial charge in [0.05, 0.1) is 0 Å². The second-order valence-corrected chi connectivity index (χ2v) is 6.84. The third-order valence-corrected chi connectivity index (χ3v) is 5.12. The molecule has 0 aliphatic heterocycles. The lowest BCUT2D eigenvalue weighted by atomic mass is 9.77. The van der Waals surface area contributed by atoms with Crippen molar-refractivity contribution in [2.45, 2.75) is 82.9 Å². The van der Waals surface area contributed by atoms with Gasteiger partial charge >= 0.3 is 5.97 Å². The number of hydrogen-bond acceptors (Lipinski definition) is 4. The zero-order valence-electron chi connectivity index (χ0n) is 12.7. The van der Waals surface area contributed by atoms with E-state index in [1.165, 1.54) is 19.8 Å². The molecule has 1 atom stereocenters.